The van der Waals surface area contributed by atoms with Crippen molar-refractivity contribution in [1.82, 2.24) is 0 Å². The largest absolute Gasteiger partial charge is 0.573 e. The Hall–Kier alpha value is -2.69. The van der Waals surface area contributed by atoms with E-state index in [1.54, 1.807) is 0 Å². The number of carboxylic acid groups (broad SMARTS) is 1. The molecule has 0 atom stereocenters. The lowest BCUT2D eigenvalue weighted by Crippen LogP contribution is -2.17. The molecule has 0 saturated heterocycles. The van der Waals surface area contributed by atoms with Gasteiger partial charge in [0.05, 0.1) is 10.6 Å². The molecular formula is C15H6ClF7O4. The van der Waals surface area contributed by atoms with Crippen molar-refractivity contribution >= 4 is 17.6 Å². The first kappa shape index (κ1) is 20.6. The highest BCUT2D eigenvalue weighted by Crippen LogP contribution is 2.40. The van der Waals surface area contributed by atoms with Gasteiger partial charge in [-0.3, -0.25) is 0 Å². The molecule has 2 aromatic carbocycles. The number of carboxylic acids is 1. The first-order valence-electron chi connectivity index (χ1n) is 6.65. The maximum atomic E-state index is 13.9. The lowest BCUT2D eigenvalue weighted by Gasteiger charge is -2.15. The van der Waals surface area contributed by atoms with Gasteiger partial charge in [-0.05, 0) is 24.3 Å². The van der Waals surface area contributed by atoms with Crippen molar-refractivity contribution in [1.29, 1.82) is 0 Å². The van der Waals surface area contributed by atoms with E-state index in [1.165, 1.54) is 0 Å². The van der Waals surface area contributed by atoms with E-state index in [2.05, 4.69) is 4.74 Å². The van der Waals surface area contributed by atoms with Gasteiger partial charge in [0.1, 0.15) is 17.1 Å². The van der Waals surface area contributed by atoms with Gasteiger partial charge in [0, 0.05) is 6.07 Å². The van der Waals surface area contributed by atoms with Crippen molar-refractivity contribution in [2.45, 2.75) is 12.5 Å². The summed E-state index contributed by atoms with van der Waals surface area (Å²) in [5, 5.41) is 8.12. The Bertz CT molecular complexity index is 878. The second kappa shape index (κ2) is 7.14. The molecule has 2 aromatic rings. The van der Waals surface area contributed by atoms with E-state index in [1.807, 2.05) is 0 Å². The predicted molar refractivity (Wildman–Crippen MR) is 76.6 cm³/mol. The van der Waals surface area contributed by atoms with E-state index in [-0.39, 0.29) is 12.1 Å². The highest BCUT2D eigenvalue weighted by molar-refractivity contribution is 6.31. The highest BCUT2D eigenvalue weighted by atomic mass is 35.5. The second-order valence-corrected chi connectivity index (χ2v) is 5.28. The fourth-order valence-electron chi connectivity index (χ4n) is 1.90. The van der Waals surface area contributed by atoms with Crippen molar-refractivity contribution < 1.29 is 50.1 Å². The molecule has 0 aromatic heterocycles. The summed E-state index contributed by atoms with van der Waals surface area (Å²) in [5.74, 6) is -5.85. The fourth-order valence-corrected chi connectivity index (χ4v) is 2.17. The van der Waals surface area contributed by atoms with E-state index in [9.17, 15) is 35.5 Å². The molecule has 146 valence electrons. The molecule has 0 spiro atoms. The molecule has 0 aliphatic carbocycles. The van der Waals surface area contributed by atoms with Gasteiger partial charge in [-0.1, -0.05) is 11.6 Å². The average Bonchev–Trinajstić information content (AvgIpc) is 2.48. The number of halogens is 8. The molecule has 0 aliphatic heterocycles. The molecule has 1 N–H and O–H groups in total. The van der Waals surface area contributed by atoms with Crippen molar-refractivity contribution in [3.63, 3.8) is 0 Å². The van der Waals surface area contributed by atoms with Gasteiger partial charge in [-0.25, -0.2) is 9.18 Å². The van der Waals surface area contributed by atoms with Crippen LogP contribution < -0.4 is 9.47 Å². The van der Waals surface area contributed by atoms with Crippen molar-refractivity contribution in [2.24, 2.45) is 0 Å². The van der Waals surface area contributed by atoms with Crippen LogP contribution in [-0.4, -0.2) is 17.4 Å². The number of benzene rings is 2. The van der Waals surface area contributed by atoms with E-state index in [4.69, 9.17) is 21.4 Å². The molecule has 0 radical (unpaired) electrons. The lowest BCUT2D eigenvalue weighted by molar-refractivity contribution is -0.274. The maximum absolute atomic E-state index is 13.9. The first-order chi connectivity index (χ1) is 12.3. The van der Waals surface area contributed by atoms with Gasteiger partial charge in [-0.2, -0.15) is 13.2 Å². The van der Waals surface area contributed by atoms with Gasteiger partial charge in [-0.15, -0.1) is 13.2 Å². The van der Waals surface area contributed by atoms with E-state index in [0.29, 0.717) is 18.2 Å². The zero-order valence-corrected chi connectivity index (χ0v) is 13.3. The standard InChI is InChI=1S/C15H6ClF7O4/c16-9-4-7(13(24)25)12(5-8(9)14(18,19)20)26-11-2-1-6(3-10(11)17)27-15(21,22)23/h1-5H,(H,24,25). The first-order valence-corrected chi connectivity index (χ1v) is 7.03. The number of carbonyl (C=O) groups is 1. The summed E-state index contributed by atoms with van der Waals surface area (Å²) in [7, 11) is 0. The summed E-state index contributed by atoms with van der Waals surface area (Å²) in [6.45, 7) is 0. The van der Waals surface area contributed by atoms with Gasteiger partial charge in [0.15, 0.2) is 11.6 Å². The molecule has 0 amide bonds. The van der Waals surface area contributed by atoms with Gasteiger partial charge < -0.3 is 14.6 Å². The Balaban J connectivity index is 2.45. The van der Waals surface area contributed by atoms with Crippen LogP contribution in [0.2, 0.25) is 5.02 Å². The molecule has 0 heterocycles. The Morgan fingerprint density at radius 2 is 1.63 bits per heavy atom. The van der Waals surface area contributed by atoms with Crippen LogP contribution in [0.5, 0.6) is 17.2 Å². The number of alkyl halides is 6. The fraction of sp³-hybridized carbons (Fsp3) is 0.133. The second-order valence-electron chi connectivity index (χ2n) is 4.87. The van der Waals surface area contributed by atoms with Crippen LogP contribution in [-0.2, 0) is 6.18 Å². The topological polar surface area (TPSA) is 55.8 Å². The number of rotatable bonds is 4. The Labute approximate surface area is 150 Å². The van der Waals surface area contributed by atoms with Crippen LogP contribution in [0.1, 0.15) is 15.9 Å². The van der Waals surface area contributed by atoms with Crippen molar-refractivity contribution in [2.75, 3.05) is 0 Å². The van der Waals surface area contributed by atoms with Gasteiger partial charge >= 0.3 is 18.5 Å². The SMILES string of the molecule is O=C(O)c1cc(Cl)c(C(F)(F)F)cc1Oc1ccc(OC(F)(F)F)cc1F. The highest BCUT2D eigenvalue weighted by Gasteiger charge is 2.35. The molecule has 0 unspecified atom stereocenters. The lowest BCUT2D eigenvalue weighted by atomic mass is 10.1. The molecule has 0 aliphatic rings. The quantitative estimate of drug-likeness (QED) is 0.629. The van der Waals surface area contributed by atoms with Crippen molar-refractivity contribution in [3.05, 3.63) is 52.3 Å². The summed E-state index contributed by atoms with van der Waals surface area (Å²) >= 11 is 5.41. The smallest absolute Gasteiger partial charge is 0.478 e. The minimum atomic E-state index is -5.09. The van der Waals surface area contributed by atoms with E-state index >= 15 is 0 Å². The number of hydrogen-bond acceptors (Lipinski definition) is 3. The number of ether oxygens (including phenoxy) is 2. The normalized spacial score (nSPS) is 12.0. The van der Waals surface area contributed by atoms with Crippen molar-refractivity contribution in [3.8, 4) is 17.2 Å². The third kappa shape index (κ3) is 5.16. The summed E-state index contributed by atoms with van der Waals surface area (Å²) in [6, 6.07) is 2.23. The third-order valence-corrected chi connectivity index (χ3v) is 3.27. The number of aromatic carboxylic acids is 1. The van der Waals surface area contributed by atoms with Crippen LogP contribution in [0.25, 0.3) is 0 Å². The van der Waals surface area contributed by atoms with Crippen LogP contribution in [0.3, 0.4) is 0 Å². The third-order valence-electron chi connectivity index (χ3n) is 2.96. The monoisotopic (exact) mass is 418 g/mol. The number of hydrogen-bond donors (Lipinski definition) is 1. The molecule has 12 heteroatoms. The van der Waals surface area contributed by atoms with Gasteiger partial charge in [0.2, 0.25) is 0 Å². The molecule has 0 fully saturated rings. The maximum Gasteiger partial charge on any atom is 0.573 e. The Kier molecular flexibility index (Phi) is 5.45. The molecule has 0 bridgehead atoms. The minimum Gasteiger partial charge on any atom is -0.478 e. The zero-order chi connectivity index (χ0) is 20.6. The predicted octanol–water partition coefficient (Wildman–Crippen LogP) is 5.89. The minimum absolute atomic E-state index is 0.241. The average molecular weight is 419 g/mol. The van der Waals surface area contributed by atoms with Crippen LogP contribution in [0.4, 0.5) is 30.7 Å². The molecular weight excluding hydrogens is 413 g/mol. The summed E-state index contributed by atoms with van der Waals surface area (Å²) < 4.78 is 97.2. The van der Waals surface area contributed by atoms with Gasteiger partial charge in [0.25, 0.3) is 0 Å². The Morgan fingerprint density at radius 1 is 1.00 bits per heavy atom. The summed E-state index contributed by atoms with van der Waals surface area (Å²) in [4.78, 5) is 11.2. The molecule has 4 nitrogen and oxygen atoms in total. The van der Waals surface area contributed by atoms with Crippen LogP contribution in [0.15, 0.2) is 30.3 Å². The van der Waals surface area contributed by atoms with Crippen LogP contribution >= 0.6 is 11.6 Å². The van der Waals surface area contributed by atoms with E-state index < -0.39 is 57.7 Å². The molecule has 2 rings (SSSR count). The Morgan fingerprint density at radius 3 is 2.11 bits per heavy atom. The summed E-state index contributed by atoms with van der Waals surface area (Å²) in [5.41, 5.74) is -2.26. The summed E-state index contributed by atoms with van der Waals surface area (Å²) in [6.07, 6.45) is -10.1. The zero-order valence-electron chi connectivity index (χ0n) is 12.6. The van der Waals surface area contributed by atoms with Crippen LogP contribution in [0, 0.1) is 5.82 Å². The molecule has 0 saturated carbocycles. The molecule has 27 heavy (non-hydrogen) atoms. The van der Waals surface area contributed by atoms with E-state index in [0.717, 1.165) is 0 Å².